The maximum absolute atomic E-state index is 13.2. The summed E-state index contributed by atoms with van der Waals surface area (Å²) < 4.78 is 7.98. The molecule has 0 unspecified atom stereocenters. The van der Waals surface area contributed by atoms with Crippen molar-refractivity contribution in [1.82, 2.24) is 14.8 Å². The van der Waals surface area contributed by atoms with Crippen LogP contribution in [0.3, 0.4) is 0 Å². The fraction of sp³-hybridized carbons (Fsp3) is 0.500. The van der Waals surface area contributed by atoms with Gasteiger partial charge in [-0.15, -0.1) is 0 Å². The van der Waals surface area contributed by atoms with Gasteiger partial charge in [0, 0.05) is 66.2 Å². The fourth-order valence-electron chi connectivity index (χ4n) is 8.00. The summed E-state index contributed by atoms with van der Waals surface area (Å²) >= 11 is 0. The number of hydrogen-bond acceptors (Lipinski definition) is 7. The van der Waals surface area contributed by atoms with Crippen LogP contribution in [0.4, 0.5) is 5.69 Å². The molecular weight excluding hydrogens is 614 g/mol. The van der Waals surface area contributed by atoms with Crippen LogP contribution in [-0.4, -0.2) is 59.9 Å². The Morgan fingerprint density at radius 1 is 0.857 bits per heavy atom. The number of furan rings is 1. The molecule has 0 spiro atoms. The van der Waals surface area contributed by atoms with Gasteiger partial charge >= 0.3 is 0 Å². The van der Waals surface area contributed by atoms with Crippen molar-refractivity contribution >= 4 is 45.3 Å². The van der Waals surface area contributed by atoms with Gasteiger partial charge < -0.3 is 9.32 Å². The van der Waals surface area contributed by atoms with Crippen LogP contribution in [0.15, 0.2) is 47.0 Å². The van der Waals surface area contributed by atoms with Gasteiger partial charge in [-0.2, -0.15) is 5.26 Å². The van der Waals surface area contributed by atoms with Crippen molar-refractivity contribution in [2.45, 2.75) is 83.0 Å². The zero-order valence-corrected chi connectivity index (χ0v) is 28.2. The van der Waals surface area contributed by atoms with Crippen molar-refractivity contribution in [3.63, 3.8) is 0 Å². The van der Waals surface area contributed by atoms with Crippen LogP contribution >= 0.6 is 0 Å². The van der Waals surface area contributed by atoms with Gasteiger partial charge in [0.05, 0.1) is 17.1 Å². The number of anilines is 1. The minimum absolute atomic E-state index is 0.0502. The largest absolute Gasteiger partial charge is 0.451 e. The van der Waals surface area contributed by atoms with Gasteiger partial charge in [-0.3, -0.25) is 29.2 Å². The molecular formula is C40H45N5O4. The van der Waals surface area contributed by atoms with Gasteiger partial charge in [-0.25, -0.2) is 0 Å². The second-order valence-corrected chi connectivity index (χ2v) is 14.7. The maximum Gasteiger partial charge on any atom is 0.293 e. The summed E-state index contributed by atoms with van der Waals surface area (Å²) in [6.45, 7) is 4.85. The molecule has 9 heteroatoms. The zero-order chi connectivity index (χ0) is 33.5. The van der Waals surface area contributed by atoms with Gasteiger partial charge in [-0.05, 0) is 112 Å². The third-order valence-corrected chi connectivity index (χ3v) is 11.8. The van der Waals surface area contributed by atoms with Crippen LogP contribution in [0.1, 0.15) is 109 Å². The van der Waals surface area contributed by atoms with E-state index in [9.17, 15) is 19.6 Å². The lowest BCUT2D eigenvalue weighted by molar-refractivity contribution is -0.126. The minimum atomic E-state index is -0.398. The van der Waals surface area contributed by atoms with Crippen molar-refractivity contribution < 1.29 is 18.8 Å². The van der Waals surface area contributed by atoms with E-state index in [-0.39, 0.29) is 23.7 Å². The Labute approximate surface area is 287 Å². The predicted octanol–water partition coefficient (Wildman–Crippen LogP) is 7.17. The number of nitrogens with zero attached hydrogens (tertiary/aromatic N) is 4. The van der Waals surface area contributed by atoms with Gasteiger partial charge in [-0.1, -0.05) is 19.3 Å². The van der Waals surface area contributed by atoms with Gasteiger partial charge in [0.1, 0.15) is 5.58 Å². The number of carbonyl (C=O) groups excluding carboxylic acids is 3. The highest BCUT2D eigenvalue weighted by Crippen LogP contribution is 2.44. The molecule has 3 heterocycles. The average Bonchev–Trinajstić information content (AvgIpc) is 3.59. The Balaban J connectivity index is 0.884. The molecule has 1 aliphatic heterocycles. The van der Waals surface area contributed by atoms with Crippen LogP contribution < -0.4 is 10.2 Å². The molecule has 2 amide bonds. The number of nitriles is 1. The number of aryl methyl sites for hydroxylation is 1. The van der Waals surface area contributed by atoms with Crippen molar-refractivity contribution in [1.29, 1.82) is 5.26 Å². The van der Waals surface area contributed by atoms with E-state index in [0.717, 1.165) is 143 Å². The molecule has 8 rings (SSSR count). The third-order valence-electron chi connectivity index (χ3n) is 11.8. The standard InChI is InChI=1S/C40H45N5O4/c41-24-26-13-15-34-32(22-26)30(25-45(34)40(48)29-11-5-12-29)6-1-2-17-43-18-20-44(21-19-43)31-14-16-35-33(23-31)36(27-7-3-8-27)37(49-35)39(47)42-38(46)28-9-4-10-28/h13-16,22-23,25,27-29H,1-12,17-21H2,(H,42,46,47). The molecule has 254 valence electrons. The monoisotopic (exact) mass is 659 g/mol. The first-order chi connectivity index (χ1) is 24.0. The Hall–Kier alpha value is -4.42. The molecule has 2 aromatic carbocycles. The van der Waals surface area contributed by atoms with Crippen LogP contribution in [-0.2, 0) is 11.2 Å². The number of carbonyl (C=O) groups is 3. The summed E-state index contributed by atoms with van der Waals surface area (Å²) in [6, 6.07) is 14.2. The molecule has 49 heavy (non-hydrogen) atoms. The molecule has 9 nitrogen and oxygen atoms in total. The molecule has 4 fully saturated rings. The van der Waals surface area contributed by atoms with E-state index in [1.54, 1.807) is 0 Å². The van der Waals surface area contributed by atoms with E-state index in [2.05, 4.69) is 33.3 Å². The highest BCUT2D eigenvalue weighted by molar-refractivity contribution is 6.07. The number of rotatable bonds is 10. The first-order valence-corrected chi connectivity index (χ1v) is 18.4. The number of imide groups is 1. The van der Waals surface area contributed by atoms with Crippen LogP contribution in [0.25, 0.3) is 21.9 Å². The third kappa shape index (κ3) is 6.16. The van der Waals surface area contributed by atoms with Crippen LogP contribution in [0, 0.1) is 23.2 Å². The smallest absolute Gasteiger partial charge is 0.293 e. The number of aromatic nitrogens is 1. The summed E-state index contributed by atoms with van der Waals surface area (Å²) in [4.78, 5) is 43.9. The number of hydrogen-bond donors (Lipinski definition) is 1. The Morgan fingerprint density at radius 2 is 1.61 bits per heavy atom. The number of amides is 2. The molecule has 4 aromatic rings. The summed E-state index contributed by atoms with van der Waals surface area (Å²) in [7, 11) is 0. The van der Waals surface area contributed by atoms with Gasteiger partial charge in [0.25, 0.3) is 5.91 Å². The average molecular weight is 660 g/mol. The van der Waals surface area contributed by atoms with E-state index in [1.807, 2.05) is 35.0 Å². The Bertz CT molecular complexity index is 1950. The van der Waals surface area contributed by atoms with Crippen molar-refractivity contribution in [2.75, 3.05) is 37.6 Å². The number of nitrogens with one attached hydrogen (secondary N) is 1. The number of unbranched alkanes of at least 4 members (excludes halogenated alkanes) is 1. The highest BCUT2D eigenvalue weighted by atomic mass is 16.3. The van der Waals surface area contributed by atoms with E-state index in [1.165, 1.54) is 0 Å². The first kappa shape index (κ1) is 31.8. The van der Waals surface area contributed by atoms with Gasteiger partial charge in [0.2, 0.25) is 11.8 Å². The Morgan fingerprint density at radius 3 is 2.29 bits per heavy atom. The van der Waals surface area contributed by atoms with E-state index in [0.29, 0.717) is 22.8 Å². The number of piperazine rings is 1. The topological polar surface area (TPSA) is 112 Å². The second kappa shape index (κ2) is 13.5. The Kier molecular flexibility index (Phi) is 8.75. The summed E-state index contributed by atoms with van der Waals surface area (Å²) in [5.41, 5.74) is 5.55. The predicted molar refractivity (Wildman–Crippen MR) is 189 cm³/mol. The SMILES string of the molecule is N#Cc1ccc2c(c1)c(CCCCN1CCN(c3ccc4oc(C(=O)NC(=O)C5CCC5)c(C5CCC5)c4c3)CC1)cn2C(=O)C1CCC1. The lowest BCUT2D eigenvalue weighted by atomic mass is 9.78. The molecule has 0 atom stereocenters. The van der Waals surface area contributed by atoms with Gasteiger partial charge in [0.15, 0.2) is 5.76 Å². The number of fused-ring (bicyclic) bond motifs is 2. The minimum Gasteiger partial charge on any atom is -0.451 e. The normalized spacial score (nSPS) is 19.0. The van der Waals surface area contributed by atoms with Crippen molar-refractivity contribution in [2.24, 2.45) is 11.8 Å². The van der Waals surface area contributed by atoms with Crippen LogP contribution in [0.2, 0.25) is 0 Å². The van der Waals surface area contributed by atoms with E-state index >= 15 is 0 Å². The molecule has 3 saturated carbocycles. The molecule has 0 bridgehead atoms. The van der Waals surface area contributed by atoms with E-state index in [4.69, 9.17) is 4.42 Å². The summed E-state index contributed by atoms with van der Waals surface area (Å²) in [6.07, 6.45) is 14.1. The molecule has 0 radical (unpaired) electrons. The zero-order valence-electron chi connectivity index (χ0n) is 28.2. The number of benzene rings is 2. The quantitative estimate of drug-likeness (QED) is 0.142. The molecule has 3 aliphatic carbocycles. The lowest BCUT2D eigenvalue weighted by Crippen LogP contribution is -2.46. The van der Waals surface area contributed by atoms with Crippen molar-refractivity contribution in [3.05, 3.63) is 65.0 Å². The van der Waals surface area contributed by atoms with E-state index < -0.39 is 5.91 Å². The highest BCUT2D eigenvalue weighted by Gasteiger charge is 2.34. The molecule has 4 aliphatic rings. The van der Waals surface area contributed by atoms with Crippen molar-refractivity contribution in [3.8, 4) is 6.07 Å². The molecule has 2 aromatic heterocycles. The molecule has 1 N–H and O–H groups in total. The summed E-state index contributed by atoms with van der Waals surface area (Å²) in [5, 5.41) is 14.2. The first-order valence-electron chi connectivity index (χ1n) is 18.4. The lowest BCUT2D eigenvalue weighted by Gasteiger charge is -2.36. The summed E-state index contributed by atoms with van der Waals surface area (Å²) in [5.74, 6) is 0.304. The second-order valence-electron chi connectivity index (χ2n) is 14.7. The van der Waals surface area contributed by atoms with Crippen LogP contribution in [0.5, 0.6) is 0 Å². The fourth-order valence-corrected chi connectivity index (χ4v) is 8.00. The molecule has 1 saturated heterocycles. The maximum atomic E-state index is 13.2.